The number of primary amides is 1. The van der Waals surface area contributed by atoms with Crippen LogP contribution in [0.15, 0.2) is 18.2 Å². The van der Waals surface area contributed by atoms with Crippen molar-refractivity contribution in [3.05, 3.63) is 29.3 Å². The Bertz CT molecular complexity index is 494. The van der Waals surface area contributed by atoms with E-state index in [0.29, 0.717) is 5.56 Å². The maximum Gasteiger partial charge on any atom is 0.249 e. The summed E-state index contributed by atoms with van der Waals surface area (Å²) in [7, 11) is 0. The first-order valence-electron chi connectivity index (χ1n) is 7.46. The largest absolute Gasteiger partial charge is 0.489 e. The van der Waals surface area contributed by atoms with Crippen LogP contribution in [0.4, 0.5) is 0 Å². The fraction of sp³-hybridized carbons (Fsp3) is 0.588. The van der Waals surface area contributed by atoms with Crippen LogP contribution in [-0.4, -0.2) is 16.8 Å². The zero-order chi connectivity index (χ0) is 16.2. The molecule has 0 bridgehead atoms. The van der Waals surface area contributed by atoms with Gasteiger partial charge in [0.15, 0.2) is 0 Å². The number of alkyl halides is 1. The van der Waals surface area contributed by atoms with Crippen molar-refractivity contribution in [1.82, 2.24) is 0 Å². The third kappa shape index (κ3) is 4.47. The van der Waals surface area contributed by atoms with Crippen LogP contribution in [0.1, 0.15) is 63.4 Å². The molecule has 0 aliphatic heterocycles. The van der Waals surface area contributed by atoms with E-state index in [1.165, 1.54) is 0 Å². The minimum absolute atomic E-state index is 0.0687. The SMILES string of the molecule is CCC(Br)C(CC)Oc1cccc(C(N)=O)c1C(C)(C)C. The van der Waals surface area contributed by atoms with Gasteiger partial charge in [-0.15, -0.1) is 0 Å². The summed E-state index contributed by atoms with van der Waals surface area (Å²) in [5, 5.41) is 0. The van der Waals surface area contributed by atoms with Gasteiger partial charge in [-0.2, -0.15) is 0 Å². The smallest absolute Gasteiger partial charge is 0.249 e. The summed E-state index contributed by atoms with van der Waals surface area (Å²) < 4.78 is 6.21. The molecule has 0 saturated heterocycles. The second-order valence-corrected chi connectivity index (χ2v) is 7.46. The second-order valence-electron chi connectivity index (χ2n) is 6.28. The molecule has 0 radical (unpaired) electrons. The van der Waals surface area contributed by atoms with Crippen LogP contribution >= 0.6 is 15.9 Å². The van der Waals surface area contributed by atoms with E-state index >= 15 is 0 Å². The molecule has 0 fully saturated rings. The number of ether oxygens (including phenoxy) is 1. The number of hydrogen-bond acceptors (Lipinski definition) is 2. The molecule has 4 heteroatoms. The maximum absolute atomic E-state index is 11.7. The quantitative estimate of drug-likeness (QED) is 0.768. The minimum atomic E-state index is -0.413. The summed E-state index contributed by atoms with van der Waals surface area (Å²) in [4.78, 5) is 12.0. The van der Waals surface area contributed by atoms with Gasteiger partial charge in [-0.3, -0.25) is 4.79 Å². The minimum Gasteiger partial charge on any atom is -0.489 e. The van der Waals surface area contributed by atoms with Gasteiger partial charge in [-0.05, 0) is 30.4 Å². The Labute approximate surface area is 136 Å². The fourth-order valence-electron chi connectivity index (χ4n) is 2.45. The first kappa shape index (κ1) is 18.0. The van der Waals surface area contributed by atoms with Crippen LogP contribution in [-0.2, 0) is 5.41 Å². The molecule has 21 heavy (non-hydrogen) atoms. The number of halogens is 1. The van der Waals surface area contributed by atoms with Gasteiger partial charge in [0.05, 0.1) is 4.83 Å². The van der Waals surface area contributed by atoms with Crippen LogP contribution < -0.4 is 10.5 Å². The Kier molecular flexibility index (Phi) is 6.26. The molecule has 1 aromatic rings. The van der Waals surface area contributed by atoms with Gasteiger partial charge in [0.1, 0.15) is 11.9 Å². The number of carbonyl (C=O) groups is 1. The van der Waals surface area contributed by atoms with E-state index in [2.05, 4.69) is 50.5 Å². The van der Waals surface area contributed by atoms with E-state index in [9.17, 15) is 4.79 Å². The van der Waals surface area contributed by atoms with E-state index in [1.54, 1.807) is 6.07 Å². The lowest BCUT2D eigenvalue weighted by Gasteiger charge is -2.29. The highest BCUT2D eigenvalue weighted by Crippen LogP contribution is 2.35. The number of carbonyl (C=O) groups excluding carboxylic acids is 1. The van der Waals surface area contributed by atoms with Gasteiger partial charge in [-0.25, -0.2) is 0 Å². The van der Waals surface area contributed by atoms with E-state index in [0.717, 1.165) is 24.2 Å². The normalized spacial score (nSPS) is 14.6. The molecular weight excluding hydrogens is 330 g/mol. The molecule has 0 aliphatic rings. The molecule has 118 valence electrons. The zero-order valence-electron chi connectivity index (χ0n) is 13.6. The molecule has 0 heterocycles. The molecular formula is C17H26BrNO2. The van der Waals surface area contributed by atoms with Crippen molar-refractivity contribution in [1.29, 1.82) is 0 Å². The van der Waals surface area contributed by atoms with Crippen LogP contribution in [0.25, 0.3) is 0 Å². The Morgan fingerprint density at radius 3 is 2.33 bits per heavy atom. The Morgan fingerprint density at radius 2 is 1.90 bits per heavy atom. The third-order valence-corrected chi connectivity index (χ3v) is 4.75. The molecule has 2 unspecified atom stereocenters. The van der Waals surface area contributed by atoms with Gasteiger partial charge in [0.2, 0.25) is 5.91 Å². The predicted molar refractivity (Wildman–Crippen MR) is 91.4 cm³/mol. The number of amides is 1. The van der Waals surface area contributed by atoms with Gasteiger partial charge in [0.25, 0.3) is 0 Å². The van der Waals surface area contributed by atoms with E-state index in [1.807, 2.05) is 12.1 Å². The van der Waals surface area contributed by atoms with Crippen LogP contribution in [0, 0.1) is 0 Å². The van der Waals surface area contributed by atoms with Gasteiger partial charge in [0, 0.05) is 11.1 Å². The summed E-state index contributed by atoms with van der Waals surface area (Å²) in [6.07, 6.45) is 1.95. The van der Waals surface area contributed by atoms with Crippen molar-refractivity contribution in [2.45, 2.75) is 63.8 Å². The van der Waals surface area contributed by atoms with E-state index < -0.39 is 5.91 Å². The molecule has 3 nitrogen and oxygen atoms in total. The topological polar surface area (TPSA) is 52.3 Å². The standard InChI is InChI=1S/C17H26BrNO2/c1-6-12(18)13(7-2)21-14-10-8-9-11(16(19)20)15(14)17(3,4)5/h8-10,12-13H,6-7H2,1-5H3,(H2,19,20). The molecule has 0 aliphatic carbocycles. The monoisotopic (exact) mass is 355 g/mol. The predicted octanol–water partition coefficient (Wildman–Crippen LogP) is 4.41. The van der Waals surface area contributed by atoms with Crippen molar-refractivity contribution in [3.8, 4) is 5.75 Å². The first-order valence-corrected chi connectivity index (χ1v) is 8.37. The molecule has 1 aromatic carbocycles. The van der Waals surface area contributed by atoms with Crippen molar-refractivity contribution in [2.75, 3.05) is 0 Å². The number of benzene rings is 1. The molecule has 2 N–H and O–H groups in total. The number of hydrogen-bond donors (Lipinski definition) is 1. The van der Waals surface area contributed by atoms with Crippen molar-refractivity contribution in [2.24, 2.45) is 5.73 Å². The summed E-state index contributed by atoms with van der Waals surface area (Å²) in [6.45, 7) is 10.4. The van der Waals surface area contributed by atoms with E-state index in [-0.39, 0.29) is 16.3 Å². The molecule has 0 spiro atoms. The van der Waals surface area contributed by atoms with Gasteiger partial charge in [-0.1, -0.05) is 56.6 Å². The Morgan fingerprint density at radius 1 is 1.29 bits per heavy atom. The fourth-order valence-corrected chi connectivity index (χ4v) is 2.93. The van der Waals surface area contributed by atoms with E-state index in [4.69, 9.17) is 10.5 Å². The second kappa shape index (κ2) is 7.30. The highest BCUT2D eigenvalue weighted by atomic mass is 79.9. The lowest BCUT2D eigenvalue weighted by atomic mass is 9.82. The maximum atomic E-state index is 11.7. The third-order valence-electron chi connectivity index (χ3n) is 3.52. The summed E-state index contributed by atoms with van der Waals surface area (Å²) in [5.74, 6) is 0.341. The summed E-state index contributed by atoms with van der Waals surface area (Å²) in [5.41, 5.74) is 6.73. The van der Waals surface area contributed by atoms with Gasteiger partial charge >= 0.3 is 0 Å². The molecule has 1 amide bonds. The van der Waals surface area contributed by atoms with Crippen LogP contribution in [0.5, 0.6) is 5.75 Å². The average Bonchev–Trinajstić information content (AvgIpc) is 2.42. The lowest BCUT2D eigenvalue weighted by Crippen LogP contribution is -2.29. The Hall–Kier alpha value is -1.03. The van der Waals surface area contributed by atoms with Crippen molar-refractivity contribution < 1.29 is 9.53 Å². The molecule has 0 saturated carbocycles. The lowest BCUT2D eigenvalue weighted by molar-refractivity contribution is 0.0996. The summed E-state index contributed by atoms with van der Waals surface area (Å²) >= 11 is 3.67. The van der Waals surface area contributed by atoms with Crippen molar-refractivity contribution >= 4 is 21.8 Å². The Balaban J connectivity index is 3.29. The highest BCUT2D eigenvalue weighted by molar-refractivity contribution is 9.09. The number of nitrogens with two attached hydrogens (primary N) is 1. The highest BCUT2D eigenvalue weighted by Gasteiger charge is 2.27. The van der Waals surface area contributed by atoms with Gasteiger partial charge < -0.3 is 10.5 Å². The summed E-state index contributed by atoms with van der Waals surface area (Å²) in [6, 6.07) is 5.51. The average molecular weight is 356 g/mol. The molecule has 1 rings (SSSR count). The van der Waals surface area contributed by atoms with Crippen molar-refractivity contribution in [3.63, 3.8) is 0 Å². The van der Waals surface area contributed by atoms with Crippen LogP contribution in [0.2, 0.25) is 0 Å². The first-order chi connectivity index (χ1) is 9.72. The van der Waals surface area contributed by atoms with Crippen LogP contribution in [0.3, 0.4) is 0 Å². The zero-order valence-corrected chi connectivity index (χ0v) is 15.2. The number of rotatable bonds is 6. The molecule has 0 aromatic heterocycles. The molecule has 2 atom stereocenters.